The molecule has 1 fully saturated rings. The number of hydrogen-bond acceptors (Lipinski definition) is 3. The van der Waals surface area contributed by atoms with Crippen LogP contribution in [-0.2, 0) is 0 Å². The summed E-state index contributed by atoms with van der Waals surface area (Å²) in [5.74, 6) is 1.75. The van der Waals surface area contributed by atoms with Crippen LogP contribution in [-0.4, -0.2) is 19.0 Å². The maximum absolute atomic E-state index is 13.5. The summed E-state index contributed by atoms with van der Waals surface area (Å²) in [6, 6.07) is 8.39. The van der Waals surface area contributed by atoms with Crippen LogP contribution in [0.4, 0.5) is 4.39 Å². The molecule has 0 spiro atoms. The molecule has 116 valence electrons. The Morgan fingerprint density at radius 3 is 2.86 bits per heavy atom. The number of halogens is 1. The van der Waals surface area contributed by atoms with Gasteiger partial charge in [0.05, 0.1) is 25.5 Å². The van der Waals surface area contributed by atoms with Gasteiger partial charge in [0.15, 0.2) is 11.6 Å². The van der Waals surface area contributed by atoms with Gasteiger partial charge in [0.2, 0.25) is 0 Å². The number of nitrogens with zero attached hydrogens (tertiary/aromatic N) is 1. The minimum atomic E-state index is -0.289. The molecule has 4 nitrogen and oxygen atoms in total. The maximum atomic E-state index is 13.5. The van der Waals surface area contributed by atoms with Crippen molar-refractivity contribution >= 4 is 5.84 Å². The SMILES string of the molecule is COc1ccc(F)cc1[C@@H](C)NC(=NC1CC1)c1ccco1. The average Bonchev–Trinajstić information content (AvgIpc) is 3.16. The van der Waals surface area contributed by atoms with Crippen LogP contribution in [0.1, 0.15) is 37.1 Å². The van der Waals surface area contributed by atoms with E-state index >= 15 is 0 Å². The molecule has 1 saturated carbocycles. The fourth-order valence-electron chi connectivity index (χ4n) is 2.30. The molecule has 22 heavy (non-hydrogen) atoms. The van der Waals surface area contributed by atoms with Gasteiger partial charge >= 0.3 is 0 Å². The van der Waals surface area contributed by atoms with Crippen molar-refractivity contribution in [2.75, 3.05) is 7.11 Å². The molecule has 0 amide bonds. The number of amidine groups is 1. The predicted molar refractivity (Wildman–Crippen MR) is 82.8 cm³/mol. The second-order valence-electron chi connectivity index (χ2n) is 5.44. The van der Waals surface area contributed by atoms with Crippen molar-refractivity contribution in [2.45, 2.75) is 31.8 Å². The van der Waals surface area contributed by atoms with Crippen molar-refractivity contribution in [3.63, 3.8) is 0 Å². The van der Waals surface area contributed by atoms with Crippen LogP contribution in [0, 0.1) is 5.82 Å². The fraction of sp³-hybridized carbons (Fsp3) is 0.353. The molecule has 1 heterocycles. The number of ether oxygens (including phenoxy) is 1. The van der Waals surface area contributed by atoms with Gasteiger partial charge in [-0.1, -0.05) is 0 Å². The Labute approximate surface area is 129 Å². The Bertz CT molecular complexity index is 663. The minimum absolute atomic E-state index is 0.159. The van der Waals surface area contributed by atoms with Crippen LogP contribution < -0.4 is 10.1 Å². The zero-order valence-electron chi connectivity index (χ0n) is 12.7. The van der Waals surface area contributed by atoms with E-state index in [4.69, 9.17) is 9.15 Å². The third kappa shape index (κ3) is 3.30. The normalized spacial score (nSPS) is 16.4. The van der Waals surface area contributed by atoms with Crippen LogP contribution in [0.2, 0.25) is 0 Å². The number of benzene rings is 1. The van der Waals surface area contributed by atoms with Crippen LogP contribution in [0.25, 0.3) is 0 Å². The molecule has 3 rings (SSSR count). The summed E-state index contributed by atoms with van der Waals surface area (Å²) >= 11 is 0. The zero-order chi connectivity index (χ0) is 15.5. The quantitative estimate of drug-likeness (QED) is 0.677. The predicted octanol–water partition coefficient (Wildman–Crippen LogP) is 3.69. The van der Waals surface area contributed by atoms with Gasteiger partial charge in [0.1, 0.15) is 11.6 Å². The summed E-state index contributed by atoms with van der Waals surface area (Å²) in [7, 11) is 1.58. The number of nitrogens with one attached hydrogen (secondary N) is 1. The molecule has 0 radical (unpaired) electrons. The van der Waals surface area contributed by atoms with Gasteiger partial charge in [-0.3, -0.25) is 4.99 Å². The van der Waals surface area contributed by atoms with Gasteiger partial charge in [0, 0.05) is 5.56 Å². The Hall–Kier alpha value is -2.30. The van der Waals surface area contributed by atoms with Crippen molar-refractivity contribution in [3.05, 3.63) is 53.7 Å². The van der Waals surface area contributed by atoms with Gasteiger partial charge < -0.3 is 14.5 Å². The van der Waals surface area contributed by atoms with E-state index in [1.54, 1.807) is 19.4 Å². The van der Waals surface area contributed by atoms with E-state index in [0.29, 0.717) is 23.4 Å². The Morgan fingerprint density at radius 1 is 1.41 bits per heavy atom. The highest BCUT2D eigenvalue weighted by Gasteiger charge is 2.23. The molecule has 1 aromatic carbocycles. The molecule has 1 aliphatic rings. The van der Waals surface area contributed by atoms with Gasteiger partial charge in [-0.2, -0.15) is 0 Å². The third-order valence-electron chi connectivity index (χ3n) is 3.62. The van der Waals surface area contributed by atoms with Crippen LogP contribution in [0.3, 0.4) is 0 Å². The lowest BCUT2D eigenvalue weighted by Crippen LogP contribution is -2.28. The Balaban J connectivity index is 1.85. The molecular formula is C17H19FN2O2. The van der Waals surface area contributed by atoms with E-state index in [-0.39, 0.29) is 11.9 Å². The zero-order valence-corrected chi connectivity index (χ0v) is 12.7. The first kappa shape index (κ1) is 14.6. The summed E-state index contributed by atoms with van der Waals surface area (Å²) in [6.45, 7) is 1.95. The van der Waals surface area contributed by atoms with E-state index in [0.717, 1.165) is 18.4 Å². The Kier molecular flexibility index (Phi) is 4.13. The number of rotatable bonds is 5. The Morgan fingerprint density at radius 2 is 2.23 bits per heavy atom. The molecular weight excluding hydrogens is 283 g/mol. The van der Waals surface area contributed by atoms with Crippen molar-refractivity contribution < 1.29 is 13.5 Å². The second-order valence-corrected chi connectivity index (χ2v) is 5.44. The lowest BCUT2D eigenvalue weighted by molar-refractivity contribution is 0.403. The van der Waals surface area contributed by atoms with Crippen LogP contribution in [0.5, 0.6) is 5.75 Å². The average molecular weight is 302 g/mol. The number of methoxy groups -OCH3 is 1. The van der Waals surface area contributed by atoms with Crippen LogP contribution in [0.15, 0.2) is 46.0 Å². The molecule has 1 aromatic heterocycles. The number of hydrogen-bond donors (Lipinski definition) is 1. The topological polar surface area (TPSA) is 46.8 Å². The van der Waals surface area contributed by atoms with E-state index in [1.807, 2.05) is 19.1 Å². The first-order valence-corrected chi connectivity index (χ1v) is 7.39. The number of aliphatic imine (C=N–C) groups is 1. The highest BCUT2D eigenvalue weighted by molar-refractivity contribution is 5.96. The lowest BCUT2D eigenvalue weighted by atomic mass is 10.1. The summed E-state index contributed by atoms with van der Waals surface area (Å²) in [6.07, 6.45) is 3.82. The first-order valence-electron chi connectivity index (χ1n) is 7.39. The molecule has 2 aromatic rings. The molecule has 5 heteroatoms. The molecule has 1 aliphatic carbocycles. The molecule has 1 atom stereocenters. The minimum Gasteiger partial charge on any atom is -0.496 e. The standard InChI is InChI=1S/C17H19FN2O2/c1-11(14-10-12(18)5-8-15(14)21-2)19-17(20-13-6-7-13)16-4-3-9-22-16/h3-5,8-11,13H,6-7H2,1-2H3,(H,19,20)/t11-/m1/s1. The summed E-state index contributed by atoms with van der Waals surface area (Å²) in [4.78, 5) is 4.65. The van der Waals surface area contributed by atoms with Gasteiger partial charge in [-0.15, -0.1) is 0 Å². The highest BCUT2D eigenvalue weighted by Crippen LogP contribution is 2.28. The summed E-state index contributed by atoms with van der Waals surface area (Å²) in [5, 5.41) is 3.32. The van der Waals surface area contributed by atoms with E-state index in [9.17, 15) is 4.39 Å². The molecule has 0 aliphatic heterocycles. The molecule has 0 unspecified atom stereocenters. The second kappa shape index (κ2) is 6.22. The van der Waals surface area contributed by atoms with Gasteiger partial charge in [-0.25, -0.2) is 4.39 Å². The lowest BCUT2D eigenvalue weighted by Gasteiger charge is -2.19. The largest absolute Gasteiger partial charge is 0.496 e. The number of furan rings is 1. The smallest absolute Gasteiger partial charge is 0.168 e. The van der Waals surface area contributed by atoms with Gasteiger partial charge in [0.25, 0.3) is 0 Å². The maximum Gasteiger partial charge on any atom is 0.168 e. The van der Waals surface area contributed by atoms with Gasteiger partial charge in [-0.05, 0) is 50.1 Å². The first-order chi connectivity index (χ1) is 10.7. The molecule has 0 bridgehead atoms. The molecule has 0 saturated heterocycles. The van der Waals surface area contributed by atoms with E-state index < -0.39 is 0 Å². The van der Waals surface area contributed by atoms with Crippen molar-refractivity contribution in [1.29, 1.82) is 0 Å². The monoisotopic (exact) mass is 302 g/mol. The van der Waals surface area contributed by atoms with E-state index in [2.05, 4.69) is 10.3 Å². The summed E-state index contributed by atoms with van der Waals surface area (Å²) in [5.41, 5.74) is 0.748. The highest BCUT2D eigenvalue weighted by atomic mass is 19.1. The van der Waals surface area contributed by atoms with Crippen molar-refractivity contribution in [2.24, 2.45) is 4.99 Å². The van der Waals surface area contributed by atoms with Crippen molar-refractivity contribution in [3.8, 4) is 5.75 Å². The van der Waals surface area contributed by atoms with Crippen molar-refractivity contribution in [1.82, 2.24) is 5.32 Å². The fourth-order valence-corrected chi connectivity index (χ4v) is 2.30. The van der Waals surface area contributed by atoms with Crippen LogP contribution >= 0.6 is 0 Å². The summed E-state index contributed by atoms with van der Waals surface area (Å²) < 4.78 is 24.3. The molecule has 1 N–H and O–H groups in total. The third-order valence-corrected chi connectivity index (χ3v) is 3.62. The van der Waals surface area contributed by atoms with E-state index in [1.165, 1.54) is 12.1 Å².